The van der Waals surface area contributed by atoms with Crippen LogP contribution < -0.4 is 15.5 Å². The van der Waals surface area contributed by atoms with Crippen LogP contribution in [-0.2, 0) is 4.79 Å². The van der Waals surface area contributed by atoms with Gasteiger partial charge < -0.3 is 15.5 Å². The zero-order valence-electron chi connectivity index (χ0n) is 12.0. The Balaban J connectivity index is 2.10. The first-order valence-electron chi connectivity index (χ1n) is 7.00. The van der Waals surface area contributed by atoms with E-state index in [2.05, 4.69) is 41.6 Å². The first kappa shape index (κ1) is 13.9. The van der Waals surface area contributed by atoms with Crippen LogP contribution in [0.5, 0.6) is 0 Å². The van der Waals surface area contributed by atoms with Crippen LogP contribution in [0.2, 0.25) is 0 Å². The van der Waals surface area contributed by atoms with Crippen molar-refractivity contribution in [2.24, 2.45) is 0 Å². The molecule has 0 saturated carbocycles. The second kappa shape index (κ2) is 6.06. The summed E-state index contributed by atoms with van der Waals surface area (Å²) in [4.78, 5) is 14.0. The Morgan fingerprint density at radius 2 is 2.16 bits per heavy atom. The molecule has 1 heterocycles. The fourth-order valence-electron chi connectivity index (χ4n) is 2.50. The number of hydrogen-bond donors (Lipinski definition) is 2. The van der Waals surface area contributed by atoms with Gasteiger partial charge in [-0.1, -0.05) is 25.8 Å². The van der Waals surface area contributed by atoms with E-state index < -0.39 is 0 Å². The first-order chi connectivity index (χ1) is 9.17. The van der Waals surface area contributed by atoms with Gasteiger partial charge in [0.15, 0.2) is 0 Å². The molecule has 0 spiro atoms. The zero-order chi connectivity index (χ0) is 13.8. The van der Waals surface area contributed by atoms with Crippen LogP contribution in [0.25, 0.3) is 0 Å². The molecule has 4 heteroatoms. The SMILES string of the molecule is CCCCCN(C)c1ccc2c(c1)NC(=O)C2NC. The Labute approximate surface area is 115 Å². The third kappa shape index (κ3) is 2.89. The molecule has 19 heavy (non-hydrogen) atoms. The van der Waals surface area contributed by atoms with E-state index >= 15 is 0 Å². The second-order valence-electron chi connectivity index (χ2n) is 5.11. The van der Waals surface area contributed by atoms with Crippen molar-refractivity contribution >= 4 is 17.3 Å². The van der Waals surface area contributed by atoms with Gasteiger partial charge in [-0.15, -0.1) is 0 Å². The molecule has 1 aromatic carbocycles. The summed E-state index contributed by atoms with van der Waals surface area (Å²) >= 11 is 0. The lowest BCUT2D eigenvalue weighted by atomic mass is 10.1. The molecule has 2 N–H and O–H groups in total. The van der Waals surface area contributed by atoms with E-state index in [1.807, 2.05) is 13.1 Å². The fraction of sp³-hybridized carbons (Fsp3) is 0.533. The number of carbonyl (C=O) groups excluding carboxylic acids is 1. The number of unbranched alkanes of at least 4 members (excludes halogenated alkanes) is 2. The van der Waals surface area contributed by atoms with E-state index in [-0.39, 0.29) is 11.9 Å². The molecule has 0 aromatic heterocycles. The number of hydrogen-bond acceptors (Lipinski definition) is 3. The predicted molar refractivity (Wildman–Crippen MR) is 79.7 cm³/mol. The van der Waals surface area contributed by atoms with Crippen molar-refractivity contribution in [3.63, 3.8) is 0 Å². The van der Waals surface area contributed by atoms with Crippen molar-refractivity contribution in [2.45, 2.75) is 32.2 Å². The maximum Gasteiger partial charge on any atom is 0.246 e. The van der Waals surface area contributed by atoms with Gasteiger partial charge in [0.1, 0.15) is 6.04 Å². The summed E-state index contributed by atoms with van der Waals surface area (Å²) in [5.74, 6) is 0.0308. The molecule has 0 bridgehead atoms. The smallest absolute Gasteiger partial charge is 0.246 e. The van der Waals surface area contributed by atoms with Crippen LogP contribution in [0.3, 0.4) is 0 Å². The molecule has 4 nitrogen and oxygen atoms in total. The van der Waals surface area contributed by atoms with Gasteiger partial charge in [0.2, 0.25) is 5.91 Å². The number of anilines is 2. The normalized spacial score (nSPS) is 17.2. The van der Waals surface area contributed by atoms with Gasteiger partial charge in [-0.3, -0.25) is 4.79 Å². The molecule has 2 rings (SSSR count). The van der Waals surface area contributed by atoms with E-state index in [9.17, 15) is 4.79 Å². The molecule has 1 aliphatic rings. The summed E-state index contributed by atoms with van der Waals surface area (Å²) < 4.78 is 0. The van der Waals surface area contributed by atoms with Gasteiger partial charge in [0.25, 0.3) is 0 Å². The van der Waals surface area contributed by atoms with Gasteiger partial charge >= 0.3 is 0 Å². The van der Waals surface area contributed by atoms with E-state index in [1.54, 1.807) is 0 Å². The van der Waals surface area contributed by atoms with Crippen LogP contribution in [0.15, 0.2) is 18.2 Å². The molecule has 1 aliphatic heterocycles. The minimum absolute atomic E-state index is 0.0308. The number of rotatable bonds is 6. The van der Waals surface area contributed by atoms with Gasteiger partial charge in [-0.2, -0.15) is 0 Å². The summed E-state index contributed by atoms with van der Waals surface area (Å²) in [7, 11) is 3.91. The van der Waals surface area contributed by atoms with Gasteiger partial charge in [-0.25, -0.2) is 0 Å². The Kier molecular flexibility index (Phi) is 4.43. The standard InChI is InChI=1S/C15H23N3O/c1-4-5-6-9-18(3)11-7-8-12-13(10-11)17-15(19)14(12)16-2/h7-8,10,14,16H,4-6,9H2,1-3H3,(H,17,19). The lowest BCUT2D eigenvalue weighted by Crippen LogP contribution is -2.23. The molecular weight excluding hydrogens is 238 g/mol. The number of benzene rings is 1. The monoisotopic (exact) mass is 261 g/mol. The summed E-state index contributed by atoms with van der Waals surface area (Å²) in [6, 6.07) is 5.99. The van der Waals surface area contributed by atoms with Gasteiger partial charge in [0.05, 0.1) is 0 Å². The van der Waals surface area contributed by atoms with Crippen LogP contribution >= 0.6 is 0 Å². The lowest BCUT2D eigenvalue weighted by Gasteiger charge is -2.20. The van der Waals surface area contributed by atoms with Crippen LogP contribution in [0.4, 0.5) is 11.4 Å². The minimum atomic E-state index is -0.213. The van der Waals surface area contributed by atoms with Gasteiger partial charge in [0, 0.05) is 30.5 Å². The molecule has 1 atom stereocenters. The highest BCUT2D eigenvalue weighted by Gasteiger charge is 2.29. The third-order valence-electron chi connectivity index (χ3n) is 3.69. The highest BCUT2D eigenvalue weighted by molar-refractivity contribution is 6.03. The maximum absolute atomic E-state index is 11.8. The van der Waals surface area contributed by atoms with Crippen molar-refractivity contribution in [1.29, 1.82) is 0 Å². The predicted octanol–water partition coefficient (Wildman–Crippen LogP) is 2.53. The van der Waals surface area contributed by atoms with E-state index in [0.717, 1.165) is 23.5 Å². The number of amides is 1. The Morgan fingerprint density at radius 1 is 1.37 bits per heavy atom. The van der Waals surface area contributed by atoms with E-state index in [4.69, 9.17) is 0 Å². The Bertz CT molecular complexity index is 459. The van der Waals surface area contributed by atoms with Crippen molar-refractivity contribution in [1.82, 2.24) is 5.32 Å². The number of nitrogens with one attached hydrogen (secondary N) is 2. The van der Waals surface area contributed by atoms with Crippen LogP contribution in [0, 0.1) is 0 Å². The molecule has 1 amide bonds. The molecule has 1 aromatic rings. The summed E-state index contributed by atoms with van der Waals surface area (Å²) in [6.07, 6.45) is 3.70. The fourth-order valence-corrected chi connectivity index (χ4v) is 2.50. The molecule has 104 valence electrons. The average Bonchev–Trinajstić information content (AvgIpc) is 2.73. The van der Waals surface area contributed by atoms with Crippen LogP contribution in [-0.4, -0.2) is 26.5 Å². The second-order valence-corrected chi connectivity index (χ2v) is 5.11. The summed E-state index contributed by atoms with van der Waals surface area (Å²) in [6.45, 7) is 3.26. The van der Waals surface area contributed by atoms with Crippen LogP contribution in [0.1, 0.15) is 37.8 Å². The third-order valence-corrected chi connectivity index (χ3v) is 3.69. The Morgan fingerprint density at radius 3 is 2.84 bits per heavy atom. The topological polar surface area (TPSA) is 44.4 Å². The first-order valence-corrected chi connectivity index (χ1v) is 7.00. The highest BCUT2D eigenvalue weighted by atomic mass is 16.2. The molecule has 0 radical (unpaired) electrons. The van der Waals surface area contributed by atoms with Crippen molar-refractivity contribution in [3.8, 4) is 0 Å². The molecule has 1 unspecified atom stereocenters. The van der Waals surface area contributed by atoms with E-state index in [1.165, 1.54) is 19.3 Å². The summed E-state index contributed by atoms with van der Waals surface area (Å²) in [5.41, 5.74) is 3.13. The highest BCUT2D eigenvalue weighted by Crippen LogP contribution is 2.33. The molecular formula is C15H23N3O. The quantitative estimate of drug-likeness (QED) is 0.773. The van der Waals surface area contributed by atoms with Gasteiger partial charge in [-0.05, 0) is 25.6 Å². The number of carbonyl (C=O) groups is 1. The van der Waals surface area contributed by atoms with Crippen molar-refractivity contribution < 1.29 is 4.79 Å². The maximum atomic E-state index is 11.8. The number of nitrogens with zero attached hydrogens (tertiary/aromatic N) is 1. The lowest BCUT2D eigenvalue weighted by molar-refractivity contribution is -0.117. The Hall–Kier alpha value is -1.55. The molecule has 0 aliphatic carbocycles. The van der Waals surface area contributed by atoms with Crippen molar-refractivity contribution in [2.75, 3.05) is 30.9 Å². The van der Waals surface area contributed by atoms with Crippen molar-refractivity contribution in [3.05, 3.63) is 23.8 Å². The largest absolute Gasteiger partial charge is 0.375 e. The zero-order valence-corrected chi connectivity index (χ0v) is 12.0. The minimum Gasteiger partial charge on any atom is -0.375 e. The van der Waals surface area contributed by atoms with E-state index in [0.29, 0.717) is 0 Å². The number of fused-ring (bicyclic) bond motifs is 1. The molecule has 0 fully saturated rings. The number of likely N-dealkylation sites (N-methyl/N-ethyl adjacent to an activating group) is 1. The summed E-state index contributed by atoms with van der Waals surface area (Å²) in [5, 5.41) is 5.97. The average molecular weight is 261 g/mol. The molecule has 0 saturated heterocycles.